The van der Waals surface area contributed by atoms with E-state index >= 15 is 0 Å². The number of benzene rings is 1. The van der Waals surface area contributed by atoms with Gasteiger partial charge in [-0.25, -0.2) is 9.69 Å². The zero-order valence-corrected chi connectivity index (χ0v) is 17.3. The van der Waals surface area contributed by atoms with E-state index in [9.17, 15) is 14.4 Å². The van der Waals surface area contributed by atoms with Gasteiger partial charge in [0.2, 0.25) is 6.79 Å². The molecule has 1 aromatic carbocycles. The van der Waals surface area contributed by atoms with Gasteiger partial charge in [-0.3, -0.25) is 19.9 Å². The van der Waals surface area contributed by atoms with Crippen LogP contribution >= 0.6 is 0 Å². The Labute approximate surface area is 182 Å². The first-order valence-electron chi connectivity index (χ1n) is 9.84. The molecule has 5 rings (SSSR count). The number of hydrogen-bond donors (Lipinski definition) is 1. The first-order chi connectivity index (χ1) is 15.4. The van der Waals surface area contributed by atoms with Crippen LogP contribution in [0.15, 0.2) is 54.4 Å². The second-order valence-corrected chi connectivity index (χ2v) is 7.37. The van der Waals surface area contributed by atoms with Crippen LogP contribution in [-0.4, -0.2) is 34.2 Å². The summed E-state index contributed by atoms with van der Waals surface area (Å²) in [4.78, 5) is 43.3. The minimum atomic E-state index is -0.822. The topological polar surface area (TPSA) is 103 Å². The van der Waals surface area contributed by atoms with Gasteiger partial charge in [-0.1, -0.05) is 0 Å². The van der Waals surface area contributed by atoms with Crippen LogP contribution in [0.3, 0.4) is 0 Å². The number of barbiturate groups is 1. The third-order valence-electron chi connectivity index (χ3n) is 5.39. The number of carbonyl (C=O) groups is 3. The van der Waals surface area contributed by atoms with Gasteiger partial charge in [0, 0.05) is 23.7 Å². The molecular formula is C23H18N4O5. The predicted octanol–water partition coefficient (Wildman–Crippen LogP) is 2.88. The Hall–Kier alpha value is -4.40. The summed E-state index contributed by atoms with van der Waals surface area (Å²) in [6, 6.07) is 9.50. The highest BCUT2D eigenvalue weighted by Gasteiger charge is 2.37. The van der Waals surface area contributed by atoms with Crippen molar-refractivity contribution in [1.82, 2.24) is 14.9 Å². The van der Waals surface area contributed by atoms with Gasteiger partial charge in [-0.15, -0.1) is 0 Å². The highest BCUT2D eigenvalue weighted by molar-refractivity contribution is 6.39. The predicted molar refractivity (Wildman–Crippen MR) is 115 cm³/mol. The van der Waals surface area contributed by atoms with Crippen LogP contribution in [0.2, 0.25) is 0 Å². The molecule has 0 bridgehead atoms. The van der Waals surface area contributed by atoms with Gasteiger partial charge in [-0.05, 0) is 55.8 Å². The molecule has 0 aliphatic carbocycles. The molecular weight excluding hydrogens is 412 g/mol. The van der Waals surface area contributed by atoms with Crippen LogP contribution in [0, 0.1) is 13.8 Å². The SMILES string of the molecule is Cc1cc(C=C2C(=O)NC(=O)N(c3ccc4c(c3)OCO4)C2=O)c(C)n1-c1cccnc1. The summed E-state index contributed by atoms with van der Waals surface area (Å²) in [6.07, 6.45) is 4.92. The third kappa shape index (κ3) is 3.11. The normalized spacial score (nSPS) is 16.6. The molecule has 2 aliphatic heterocycles. The van der Waals surface area contributed by atoms with Crippen molar-refractivity contribution in [2.24, 2.45) is 0 Å². The smallest absolute Gasteiger partial charge is 0.335 e. The maximum atomic E-state index is 13.2. The summed E-state index contributed by atoms with van der Waals surface area (Å²) in [5, 5.41) is 2.24. The van der Waals surface area contributed by atoms with E-state index in [2.05, 4.69) is 10.3 Å². The lowest BCUT2D eigenvalue weighted by molar-refractivity contribution is -0.122. The van der Waals surface area contributed by atoms with E-state index in [1.54, 1.807) is 24.5 Å². The summed E-state index contributed by atoms with van der Waals surface area (Å²) in [5.41, 5.74) is 3.42. The summed E-state index contributed by atoms with van der Waals surface area (Å²) < 4.78 is 12.6. The fraction of sp³-hybridized carbons (Fsp3) is 0.130. The van der Waals surface area contributed by atoms with Crippen molar-refractivity contribution in [2.45, 2.75) is 13.8 Å². The number of aromatic nitrogens is 2. The standard InChI is InChI=1S/C23H18N4O5/c1-13-8-15(14(2)26(13)17-4-3-7-24-11-17)9-18-21(28)25-23(30)27(22(18)29)16-5-6-19-20(10-16)32-12-31-19/h3-11H,12H2,1-2H3,(H,25,28,30). The van der Waals surface area contributed by atoms with E-state index in [0.717, 1.165) is 22.0 Å². The molecule has 9 heteroatoms. The number of rotatable bonds is 3. The molecule has 0 unspecified atom stereocenters. The first kappa shape index (κ1) is 19.6. The molecule has 1 saturated heterocycles. The van der Waals surface area contributed by atoms with E-state index in [-0.39, 0.29) is 18.1 Å². The Morgan fingerprint density at radius 1 is 1.03 bits per heavy atom. The molecule has 32 heavy (non-hydrogen) atoms. The number of fused-ring (bicyclic) bond motifs is 1. The highest BCUT2D eigenvalue weighted by Crippen LogP contribution is 2.36. The van der Waals surface area contributed by atoms with Crippen LogP contribution < -0.4 is 19.7 Å². The Morgan fingerprint density at radius 3 is 2.62 bits per heavy atom. The van der Waals surface area contributed by atoms with Crippen LogP contribution in [-0.2, 0) is 9.59 Å². The van der Waals surface area contributed by atoms with Crippen molar-refractivity contribution in [2.75, 3.05) is 11.7 Å². The first-order valence-corrected chi connectivity index (χ1v) is 9.84. The van der Waals surface area contributed by atoms with Crippen LogP contribution in [0.4, 0.5) is 10.5 Å². The molecule has 0 radical (unpaired) electrons. The van der Waals surface area contributed by atoms with Crippen molar-refractivity contribution in [3.05, 3.63) is 71.3 Å². The average Bonchev–Trinajstić information content (AvgIpc) is 3.35. The molecule has 4 amide bonds. The maximum absolute atomic E-state index is 13.2. The lowest BCUT2D eigenvalue weighted by Gasteiger charge is -2.26. The zero-order chi connectivity index (χ0) is 22.4. The molecule has 1 N–H and O–H groups in total. The quantitative estimate of drug-likeness (QED) is 0.506. The van der Waals surface area contributed by atoms with E-state index in [1.807, 2.05) is 36.6 Å². The van der Waals surface area contributed by atoms with E-state index in [1.165, 1.54) is 12.1 Å². The third-order valence-corrected chi connectivity index (χ3v) is 5.39. The number of nitrogens with zero attached hydrogens (tertiary/aromatic N) is 3. The number of imide groups is 2. The lowest BCUT2D eigenvalue weighted by atomic mass is 10.1. The number of carbonyl (C=O) groups excluding carboxylic acids is 3. The molecule has 2 aliphatic rings. The van der Waals surface area contributed by atoms with Gasteiger partial charge in [0.15, 0.2) is 11.5 Å². The van der Waals surface area contributed by atoms with Gasteiger partial charge in [0.1, 0.15) is 5.57 Å². The molecule has 2 aromatic heterocycles. The maximum Gasteiger partial charge on any atom is 0.335 e. The number of urea groups is 1. The zero-order valence-electron chi connectivity index (χ0n) is 17.3. The Kier molecular flexibility index (Phi) is 4.51. The second kappa shape index (κ2) is 7.38. The summed E-state index contributed by atoms with van der Waals surface area (Å²) in [6.45, 7) is 3.88. The molecule has 160 valence electrons. The minimum Gasteiger partial charge on any atom is -0.454 e. The molecule has 0 saturated carbocycles. The van der Waals surface area contributed by atoms with Gasteiger partial charge < -0.3 is 14.0 Å². The minimum absolute atomic E-state index is 0.0646. The van der Waals surface area contributed by atoms with Crippen LogP contribution in [0.5, 0.6) is 11.5 Å². The summed E-state index contributed by atoms with van der Waals surface area (Å²) in [5.74, 6) is -0.522. The number of amides is 4. The molecule has 9 nitrogen and oxygen atoms in total. The summed E-state index contributed by atoms with van der Waals surface area (Å²) in [7, 11) is 0. The second-order valence-electron chi connectivity index (χ2n) is 7.37. The number of aryl methyl sites for hydroxylation is 1. The van der Waals surface area contributed by atoms with Crippen molar-refractivity contribution in [3.8, 4) is 17.2 Å². The Balaban J connectivity index is 1.54. The summed E-state index contributed by atoms with van der Waals surface area (Å²) >= 11 is 0. The number of ether oxygens (including phenoxy) is 2. The largest absolute Gasteiger partial charge is 0.454 e. The fourth-order valence-electron chi connectivity index (χ4n) is 3.89. The van der Waals surface area contributed by atoms with E-state index in [0.29, 0.717) is 17.1 Å². The fourth-order valence-corrected chi connectivity index (χ4v) is 3.89. The number of anilines is 1. The van der Waals surface area contributed by atoms with Gasteiger partial charge >= 0.3 is 6.03 Å². The van der Waals surface area contributed by atoms with Gasteiger partial charge in [0.25, 0.3) is 11.8 Å². The van der Waals surface area contributed by atoms with Crippen LogP contribution in [0.1, 0.15) is 17.0 Å². The Bertz CT molecular complexity index is 1310. The highest BCUT2D eigenvalue weighted by atomic mass is 16.7. The number of nitrogens with one attached hydrogen (secondary N) is 1. The monoisotopic (exact) mass is 430 g/mol. The molecule has 1 fully saturated rings. The molecule has 3 aromatic rings. The molecule has 0 atom stereocenters. The number of hydrogen-bond acceptors (Lipinski definition) is 6. The Morgan fingerprint density at radius 2 is 1.84 bits per heavy atom. The number of pyridine rings is 1. The van der Waals surface area contributed by atoms with E-state index < -0.39 is 17.8 Å². The average molecular weight is 430 g/mol. The van der Waals surface area contributed by atoms with Crippen molar-refractivity contribution < 1.29 is 23.9 Å². The van der Waals surface area contributed by atoms with Crippen molar-refractivity contribution >= 4 is 29.6 Å². The van der Waals surface area contributed by atoms with Gasteiger partial charge in [-0.2, -0.15) is 0 Å². The molecule has 0 spiro atoms. The van der Waals surface area contributed by atoms with E-state index in [4.69, 9.17) is 9.47 Å². The van der Waals surface area contributed by atoms with Gasteiger partial charge in [0.05, 0.1) is 17.6 Å². The molecule has 4 heterocycles. The van der Waals surface area contributed by atoms with Crippen molar-refractivity contribution in [1.29, 1.82) is 0 Å². The lowest BCUT2D eigenvalue weighted by Crippen LogP contribution is -2.54. The van der Waals surface area contributed by atoms with Crippen molar-refractivity contribution in [3.63, 3.8) is 0 Å². The van der Waals surface area contributed by atoms with Crippen LogP contribution in [0.25, 0.3) is 11.8 Å².